The molecule has 0 fully saturated rings. The molecule has 2 heteroatoms. The Hall–Kier alpha value is -9.89. The molecule has 77 heavy (non-hydrogen) atoms. The molecule has 2 aliphatic carbocycles. The lowest BCUT2D eigenvalue weighted by Crippen LogP contribution is -2.29. The van der Waals surface area contributed by atoms with E-state index in [1.807, 2.05) is 0 Å². The molecular weight excluding hydrogens is 929 g/mol. The van der Waals surface area contributed by atoms with Gasteiger partial charge in [0.15, 0.2) is 0 Å². The third kappa shape index (κ3) is 6.79. The summed E-state index contributed by atoms with van der Waals surface area (Å²) in [7, 11) is 0. The molecule has 2 nitrogen and oxygen atoms in total. The predicted octanol–water partition coefficient (Wildman–Crippen LogP) is 18.9. The quantitative estimate of drug-likeness (QED) is 0.143. The number of anilines is 3. The molecule has 13 aromatic rings. The normalized spacial score (nSPS) is 13.4. The van der Waals surface area contributed by atoms with Gasteiger partial charge in [0.1, 0.15) is 0 Å². The van der Waals surface area contributed by atoms with E-state index in [-0.39, 0.29) is 0 Å². The zero-order chi connectivity index (χ0) is 50.9. The van der Waals surface area contributed by atoms with Crippen LogP contribution in [0.2, 0.25) is 0 Å². The molecule has 0 saturated heterocycles. The van der Waals surface area contributed by atoms with Gasteiger partial charge in [0.05, 0.1) is 27.7 Å². The van der Waals surface area contributed by atoms with Crippen LogP contribution >= 0.6 is 0 Å². The molecular formula is C75H50N2. The summed E-state index contributed by atoms with van der Waals surface area (Å²) < 4.78 is 0. The topological polar surface area (TPSA) is 16.1 Å². The molecule has 0 aliphatic heterocycles. The van der Waals surface area contributed by atoms with Gasteiger partial charge in [-0.1, -0.05) is 255 Å². The van der Waals surface area contributed by atoms with Crippen LogP contribution in [0.4, 0.5) is 17.1 Å². The van der Waals surface area contributed by atoms with Gasteiger partial charge in [-0.2, -0.15) is 0 Å². The van der Waals surface area contributed by atoms with E-state index in [1.54, 1.807) is 0 Å². The maximum atomic E-state index is 5.53. The van der Waals surface area contributed by atoms with Gasteiger partial charge in [-0.3, -0.25) is 0 Å². The minimum Gasteiger partial charge on any atom is -0.310 e. The number of fused-ring (bicyclic) bond motifs is 8. The van der Waals surface area contributed by atoms with E-state index in [2.05, 4.69) is 308 Å². The molecule has 1 heterocycles. The molecule has 1 aromatic heterocycles. The summed E-state index contributed by atoms with van der Waals surface area (Å²) in [4.78, 5) is 8.07. The molecule has 0 bridgehead atoms. The fraction of sp³-hybridized carbons (Fsp3) is 0.0267. The second-order valence-electron chi connectivity index (χ2n) is 20.5. The Morgan fingerprint density at radius 3 is 1.44 bits per heavy atom. The van der Waals surface area contributed by atoms with Crippen molar-refractivity contribution >= 4 is 38.7 Å². The monoisotopic (exact) mass is 978 g/mol. The molecule has 0 N–H and O–H groups in total. The van der Waals surface area contributed by atoms with E-state index in [4.69, 9.17) is 4.98 Å². The Morgan fingerprint density at radius 1 is 0.273 bits per heavy atom. The molecule has 0 unspecified atom stereocenters. The van der Waals surface area contributed by atoms with Gasteiger partial charge in [-0.05, 0) is 126 Å². The predicted molar refractivity (Wildman–Crippen MR) is 319 cm³/mol. The first-order valence-electron chi connectivity index (χ1n) is 26.7. The molecule has 2 aliphatic rings. The second kappa shape index (κ2) is 17.9. The molecule has 0 saturated carbocycles. The van der Waals surface area contributed by atoms with Crippen LogP contribution in [0.1, 0.15) is 44.5 Å². The third-order valence-electron chi connectivity index (χ3n) is 16.6. The van der Waals surface area contributed by atoms with Crippen LogP contribution in [-0.2, 0) is 10.8 Å². The average molecular weight is 979 g/mol. The van der Waals surface area contributed by atoms with Crippen molar-refractivity contribution in [3.63, 3.8) is 0 Å². The number of para-hydroxylation sites is 1. The van der Waals surface area contributed by atoms with Gasteiger partial charge < -0.3 is 4.90 Å². The largest absolute Gasteiger partial charge is 0.310 e. The van der Waals surface area contributed by atoms with E-state index in [0.29, 0.717) is 0 Å². The van der Waals surface area contributed by atoms with Crippen LogP contribution < -0.4 is 4.90 Å². The van der Waals surface area contributed by atoms with E-state index >= 15 is 0 Å². The van der Waals surface area contributed by atoms with Crippen molar-refractivity contribution in [2.24, 2.45) is 0 Å². The van der Waals surface area contributed by atoms with E-state index < -0.39 is 10.8 Å². The minimum absolute atomic E-state index is 0.577. The summed E-state index contributed by atoms with van der Waals surface area (Å²) in [5, 5.41) is 3.50. The number of benzene rings is 12. The molecule has 12 aromatic carbocycles. The second-order valence-corrected chi connectivity index (χ2v) is 20.5. The first kappa shape index (κ1) is 44.6. The molecule has 360 valence electrons. The Bertz CT molecular complexity index is 4300. The highest BCUT2D eigenvalue weighted by Gasteiger charge is 2.49. The summed E-state index contributed by atoms with van der Waals surface area (Å²) in [5.41, 5.74) is 22.0. The van der Waals surface area contributed by atoms with Gasteiger partial charge in [-0.25, -0.2) is 4.98 Å². The SMILES string of the molecule is c1ccc(-c2cc3ccccc3nc2-c2ccc3c(c2)C(c2ccccc2)(c2ccccc2)c2cccc(N(c4ccc5c(c4)C(c4ccccc4)(c4ccccc4)c4ccccc4-5)c4ccc5ccccc5c4)c2-3)cc1. The molecule has 0 atom stereocenters. The summed E-state index contributed by atoms with van der Waals surface area (Å²) in [5.74, 6) is 0. The lowest BCUT2D eigenvalue weighted by atomic mass is 9.67. The lowest BCUT2D eigenvalue weighted by Gasteiger charge is -2.35. The van der Waals surface area contributed by atoms with Crippen LogP contribution in [0, 0.1) is 0 Å². The van der Waals surface area contributed by atoms with Crippen molar-refractivity contribution in [2.45, 2.75) is 10.8 Å². The van der Waals surface area contributed by atoms with Crippen LogP contribution in [0.3, 0.4) is 0 Å². The van der Waals surface area contributed by atoms with Crippen LogP contribution in [-0.4, -0.2) is 4.98 Å². The third-order valence-corrected chi connectivity index (χ3v) is 16.6. The van der Waals surface area contributed by atoms with E-state index in [0.717, 1.165) is 50.3 Å². The Kier molecular flexibility index (Phi) is 10.4. The minimum atomic E-state index is -0.701. The van der Waals surface area contributed by atoms with Crippen LogP contribution in [0.15, 0.2) is 303 Å². The lowest BCUT2D eigenvalue weighted by molar-refractivity contribution is 0.768. The van der Waals surface area contributed by atoms with Crippen molar-refractivity contribution in [2.75, 3.05) is 4.90 Å². The zero-order valence-corrected chi connectivity index (χ0v) is 42.3. The van der Waals surface area contributed by atoms with Gasteiger partial charge in [0.2, 0.25) is 0 Å². The highest BCUT2D eigenvalue weighted by molar-refractivity contribution is 6.01. The standard InChI is InChI=1S/C75H50N2/c1-6-24-52(25-7-1)65-48-54-27-18-21-39-70(54)76-73(65)55-42-45-64-68(49-55)75(58-32-12-4-13-33-58,59-34-14-5-15-35-59)67-38-22-40-71(72(64)67)77(60-43-41-51-23-16-17-26-53(51)47-60)61-44-46-63-62-36-19-20-37-66(62)74(69(63)50-61,56-28-8-2-9-29-56)57-30-10-3-11-31-57/h1-50H. The fourth-order valence-electron chi connectivity index (χ4n) is 13.3. The summed E-state index contributed by atoms with van der Waals surface area (Å²) in [6.45, 7) is 0. The van der Waals surface area contributed by atoms with E-state index in [1.165, 1.54) is 77.5 Å². The van der Waals surface area contributed by atoms with Gasteiger partial charge in [0, 0.05) is 33.5 Å². The molecule has 15 rings (SSSR count). The van der Waals surface area contributed by atoms with Gasteiger partial charge in [-0.15, -0.1) is 0 Å². The first-order chi connectivity index (χ1) is 38.2. The maximum Gasteiger partial charge on any atom is 0.0788 e. The highest BCUT2D eigenvalue weighted by Crippen LogP contribution is 2.62. The molecule has 0 radical (unpaired) electrons. The van der Waals surface area contributed by atoms with Crippen molar-refractivity contribution in [1.82, 2.24) is 4.98 Å². The van der Waals surface area contributed by atoms with Gasteiger partial charge in [0.25, 0.3) is 0 Å². The van der Waals surface area contributed by atoms with Crippen molar-refractivity contribution < 1.29 is 0 Å². The Morgan fingerprint density at radius 2 is 0.766 bits per heavy atom. The van der Waals surface area contributed by atoms with Crippen LogP contribution in [0.25, 0.3) is 66.3 Å². The average Bonchev–Trinajstić information content (AvgIpc) is 4.15. The number of rotatable bonds is 9. The van der Waals surface area contributed by atoms with E-state index in [9.17, 15) is 0 Å². The fourth-order valence-corrected chi connectivity index (χ4v) is 13.3. The number of hydrogen-bond acceptors (Lipinski definition) is 2. The molecule has 0 amide bonds. The van der Waals surface area contributed by atoms with Crippen molar-refractivity contribution in [3.8, 4) is 44.6 Å². The summed E-state index contributed by atoms with van der Waals surface area (Å²) >= 11 is 0. The van der Waals surface area contributed by atoms with Gasteiger partial charge >= 0.3 is 0 Å². The van der Waals surface area contributed by atoms with Crippen molar-refractivity contribution in [3.05, 3.63) is 348 Å². The number of hydrogen-bond donors (Lipinski definition) is 0. The maximum absolute atomic E-state index is 5.53. The zero-order valence-electron chi connectivity index (χ0n) is 42.3. The van der Waals surface area contributed by atoms with Crippen molar-refractivity contribution in [1.29, 1.82) is 0 Å². The summed E-state index contributed by atoms with van der Waals surface area (Å²) in [6, 6.07) is 112. The summed E-state index contributed by atoms with van der Waals surface area (Å²) in [6.07, 6.45) is 0. The smallest absolute Gasteiger partial charge is 0.0788 e. The Balaban J connectivity index is 1.04. The molecule has 0 spiro atoms. The highest BCUT2D eigenvalue weighted by atomic mass is 15.1. The number of pyridine rings is 1. The first-order valence-corrected chi connectivity index (χ1v) is 26.7. The van der Waals surface area contributed by atoms with Crippen LogP contribution in [0.5, 0.6) is 0 Å². The number of aromatic nitrogens is 1. The Labute approximate surface area is 449 Å². The number of nitrogens with zero attached hydrogens (tertiary/aromatic N) is 2.